The lowest BCUT2D eigenvalue weighted by Gasteiger charge is -2.18. The first-order valence-corrected chi connectivity index (χ1v) is 8.24. The second kappa shape index (κ2) is 5.69. The second-order valence-corrected chi connectivity index (χ2v) is 6.54. The van der Waals surface area contributed by atoms with Gasteiger partial charge in [0.1, 0.15) is 29.1 Å². The van der Waals surface area contributed by atoms with Gasteiger partial charge in [-0.15, -0.1) is 0 Å². The molecule has 0 bridgehead atoms. The molecule has 0 amide bonds. The van der Waals surface area contributed by atoms with E-state index in [-0.39, 0.29) is 17.4 Å². The summed E-state index contributed by atoms with van der Waals surface area (Å²) in [5, 5.41) is 4.35. The molecule has 25 heavy (non-hydrogen) atoms. The van der Waals surface area contributed by atoms with E-state index < -0.39 is 0 Å². The number of oxime groups is 1. The minimum Gasteiger partial charge on any atom is -0.496 e. The van der Waals surface area contributed by atoms with Gasteiger partial charge in [0, 0.05) is 17.5 Å². The summed E-state index contributed by atoms with van der Waals surface area (Å²) in [5.41, 5.74) is 2.86. The fourth-order valence-corrected chi connectivity index (χ4v) is 3.84. The van der Waals surface area contributed by atoms with Crippen LogP contribution in [0, 0.1) is 5.92 Å². The largest absolute Gasteiger partial charge is 0.496 e. The topological polar surface area (TPSA) is 49.3 Å². The number of fused-ring (bicyclic) bond motifs is 1. The molecule has 3 atom stereocenters. The van der Waals surface area contributed by atoms with E-state index in [9.17, 15) is 0 Å². The van der Waals surface area contributed by atoms with Crippen LogP contribution < -0.4 is 14.2 Å². The van der Waals surface area contributed by atoms with Crippen LogP contribution in [0.3, 0.4) is 0 Å². The van der Waals surface area contributed by atoms with Gasteiger partial charge in [0.25, 0.3) is 0 Å². The van der Waals surface area contributed by atoms with Crippen LogP contribution >= 0.6 is 0 Å². The Morgan fingerprint density at radius 3 is 2.16 bits per heavy atom. The SMILES string of the molecule is COc1cc(OC)c(C2=NO[C@H]3[C@@H]2[C@]3(C)c2ccccc2)c(OC)c1. The maximum atomic E-state index is 5.77. The normalized spacial score (nSPS) is 26.3. The van der Waals surface area contributed by atoms with E-state index in [1.54, 1.807) is 21.3 Å². The van der Waals surface area contributed by atoms with Crippen LogP contribution in [0.4, 0.5) is 0 Å². The molecule has 1 saturated carbocycles. The van der Waals surface area contributed by atoms with Gasteiger partial charge in [0.2, 0.25) is 0 Å². The lowest BCUT2D eigenvalue weighted by molar-refractivity contribution is 0.122. The van der Waals surface area contributed by atoms with E-state index in [0.717, 1.165) is 11.3 Å². The molecule has 2 aromatic rings. The van der Waals surface area contributed by atoms with Crippen LogP contribution in [-0.4, -0.2) is 33.1 Å². The van der Waals surface area contributed by atoms with Crippen LogP contribution in [0.15, 0.2) is 47.6 Å². The molecule has 0 N–H and O–H groups in total. The van der Waals surface area contributed by atoms with Crippen molar-refractivity contribution in [2.75, 3.05) is 21.3 Å². The molecule has 2 aromatic carbocycles. The number of hydrogen-bond acceptors (Lipinski definition) is 5. The van der Waals surface area contributed by atoms with Crippen molar-refractivity contribution in [2.45, 2.75) is 18.4 Å². The van der Waals surface area contributed by atoms with E-state index in [1.165, 1.54) is 5.56 Å². The third-order valence-electron chi connectivity index (χ3n) is 5.36. The molecule has 0 radical (unpaired) electrons. The summed E-state index contributed by atoms with van der Waals surface area (Å²) in [6.07, 6.45) is 0.0430. The Labute approximate surface area is 147 Å². The van der Waals surface area contributed by atoms with Crippen molar-refractivity contribution in [3.63, 3.8) is 0 Å². The van der Waals surface area contributed by atoms with Crippen molar-refractivity contribution in [3.05, 3.63) is 53.6 Å². The van der Waals surface area contributed by atoms with Crippen molar-refractivity contribution in [3.8, 4) is 17.2 Å². The van der Waals surface area contributed by atoms with Crippen molar-refractivity contribution in [1.29, 1.82) is 0 Å². The van der Waals surface area contributed by atoms with Gasteiger partial charge in [-0.05, 0) is 5.56 Å². The van der Waals surface area contributed by atoms with Crippen LogP contribution in [0.2, 0.25) is 0 Å². The molecular formula is C20H21NO4. The molecule has 0 aromatic heterocycles. The number of methoxy groups -OCH3 is 3. The van der Waals surface area contributed by atoms with Crippen LogP contribution in [0.25, 0.3) is 0 Å². The summed E-state index contributed by atoms with van der Waals surface area (Å²) in [7, 11) is 4.89. The number of rotatable bonds is 5. The van der Waals surface area contributed by atoms with Gasteiger partial charge >= 0.3 is 0 Å². The highest BCUT2D eigenvalue weighted by Crippen LogP contribution is 2.61. The van der Waals surface area contributed by atoms with Crippen LogP contribution in [0.5, 0.6) is 17.2 Å². The van der Waals surface area contributed by atoms with Gasteiger partial charge in [0.15, 0.2) is 0 Å². The first kappa shape index (κ1) is 15.8. The first-order valence-electron chi connectivity index (χ1n) is 8.24. The van der Waals surface area contributed by atoms with Gasteiger partial charge in [-0.1, -0.05) is 42.4 Å². The third kappa shape index (κ3) is 2.18. The molecular weight excluding hydrogens is 318 g/mol. The summed E-state index contributed by atoms with van der Waals surface area (Å²) in [6.45, 7) is 2.22. The summed E-state index contributed by atoms with van der Waals surface area (Å²) in [6, 6.07) is 14.1. The highest BCUT2D eigenvalue weighted by Gasteiger charge is 2.70. The zero-order chi connectivity index (χ0) is 17.6. The maximum absolute atomic E-state index is 5.77. The molecule has 4 rings (SSSR count). The van der Waals surface area contributed by atoms with Crippen LogP contribution in [0.1, 0.15) is 18.1 Å². The zero-order valence-corrected chi connectivity index (χ0v) is 14.8. The minimum atomic E-state index is -0.0890. The summed E-state index contributed by atoms with van der Waals surface area (Å²) in [4.78, 5) is 5.77. The van der Waals surface area contributed by atoms with E-state index in [2.05, 4.69) is 36.3 Å². The Bertz CT molecular complexity index is 808. The Balaban J connectivity index is 1.77. The molecule has 5 nitrogen and oxygen atoms in total. The standard InChI is InChI=1S/C20H21NO4/c1-20(12-8-6-5-7-9-12)17-18(21-25-19(17)20)16-14(23-3)10-13(22-2)11-15(16)24-4/h5-11,17,19H,1-4H3/t17-,19+,20+/m1/s1. The summed E-state index contributed by atoms with van der Waals surface area (Å²) >= 11 is 0. The monoisotopic (exact) mass is 339 g/mol. The Kier molecular flexibility index (Phi) is 3.60. The number of benzene rings is 2. The first-order chi connectivity index (χ1) is 12.1. The second-order valence-electron chi connectivity index (χ2n) is 6.54. The smallest absolute Gasteiger partial charge is 0.147 e. The summed E-state index contributed by atoms with van der Waals surface area (Å²) in [5.74, 6) is 2.18. The van der Waals surface area contributed by atoms with Gasteiger partial charge in [-0.2, -0.15) is 0 Å². The lowest BCUT2D eigenvalue weighted by atomic mass is 9.91. The molecule has 0 spiro atoms. The third-order valence-corrected chi connectivity index (χ3v) is 5.36. The predicted octanol–water partition coefficient (Wildman–Crippen LogP) is 3.40. The highest BCUT2D eigenvalue weighted by molar-refractivity contribution is 6.10. The average Bonchev–Trinajstić information content (AvgIpc) is 3.04. The molecule has 1 aliphatic heterocycles. The van der Waals surface area contributed by atoms with E-state index in [4.69, 9.17) is 19.0 Å². The van der Waals surface area contributed by atoms with Crippen molar-refractivity contribution >= 4 is 5.71 Å². The number of nitrogens with zero attached hydrogens (tertiary/aromatic N) is 1. The zero-order valence-electron chi connectivity index (χ0n) is 14.8. The van der Waals surface area contributed by atoms with Gasteiger partial charge < -0.3 is 19.0 Å². The Morgan fingerprint density at radius 1 is 0.960 bits per heavy atom. The van der Waals surface area contributed by atoms with E-state index >= 15 is 0 Å². The molecule has 2 aliphatic rings. The molecule has 1 aliphatic carbocycles. The average molecular weight is 339 g/mol. The lowest BCUT2D eigenvalue weighted by Crippen LogP contribution is -2.17. The van der Waals surface area contributed by atoms with Gasteiger partial charge in [0.05, 0.1) is 32.8 Å². The molecule has 1 heterocycles. The van der Waals surface area contributed by atoms with E-state index in [0.29, 0.717) is 17.2 Å². The number of ether oxygens (including phenoxy) is 3. The van der Waals surface area contributed by atoms with Crippen LogP contribution in [-0.2, 0) is 10.3 Å². The molecule has 0 unspecified atom stereocenters. The minimum absolute atomic E-state index is 0.0430. The van der Waals surface area contributed by atoms with Crippen molar-refractivity contribution < 1.29 is 19.0 Å². The Hall–Kier alpha value is -2.69. The number of hydrogen-bond donors (Lipinski definition) is 0. The highest BCUT2D eigenvalue weighted by atomic mass is 16.7. The van der Waals surface area contributed by atoms with Gasteiger partial charge in [-0.25, -0.2) is 0 Å². The summed E-state index contributed by atoms with van der Waals surface area (Å²) < 4.78 is 16.5. The molecule has 5 heteroatoms. The fourth-order valence-electron chi connectivity index (χ4n) is 3.84. The van der Waals surface area contributed by atoms with Crippen molar-refractivity contribution in [1.82, 2.24) is 0 Å². The van der Waals surface area contributed by atoms with Crippen molar-refractivity contribution in [2.24, 2.45) is 11.1 Å². The van der Waals surface area contributed by atoms with E-state index in [1.807, 2.05) is 18.2 Å². The fraction of sp³-hybridized carbons (Fsp3) is 0.350. The predicted molar refractivity (Wildman–Crippen MR) is 94.8 cm³/mol. The maximum Gasteiger partial charge on any atom is 0.147 e. The molecule has 1 fully saturated rings. The van der Waals surface area contributed by atoms with Gasteiger partial charge in [-0.3, -0.25) is 0 Å². The Morgan fingerprint density at radius 2 is 1.60 bits per heavy atom. The molecule has 130 valence electrons. The quantitative estimate of drug-likeness (QED) is 0.838. The molecule has 0 saturated heterocycles.